The molecule has 1 aromatic rings. The number of hydrogen-bond donors (Lipinski definition) is 1. The van der Waals surface area contributed by atoms with E-state index < -0.39 is 11.9 Å². The number of benzene rings is 1. The van der Waals surface area contributed by atoms with Crippen LogP contribution < -0.4 is 5.32 Å². The van der Waals surface area contributed by atoms with Crippen LogP contribution in [0.3, 0.4) is 0 Å². The summed E-state index contributed by atoms with van der Waals surface area (Å²) in [5.74, 6) is -1.05. The van der Waals surface area contributed by atoms with Gasteiger partial charge in [0.25, 0.3) is 5.91 Å². The number of allylic oxidation sites excluding steroid dienone is 1. The van der Waals surface area contributed by atoms with Crippen LogP contribution in [0.15, 0.2) is 35.9 Å². The predicted octanol–water partition coefficient (Wildman–Crippen LogP) is 2.01. The van der Waals surface area contributed by atoms with Crippen molar-refractivity contribution in [1.82, 2.24) is 0 Å². The van der Waals surface area contributed by atoms with E-state index in [-0.39, 0.29) is 6.61 Å². The maximum atomic E-state index is 11.6. The highest BCUT2D eigenvalue weighted by Crippen LogP contribution is 2.13. The molecule has 0 atom stereocenters. The van der Waals surface area contributed by atoms with Crippen LogP contribution in [-0.4, -0.2) is 18.5 Å². The van der Waals surface area contributed by atoms with Gasteiger partial charge in [-0.15, -0.1) is 0 Å². The Morgan fingerprint density at radius 3 is 2.68 bits per heavy atom. The van der Waals surface area contributed by atoms with E-state index in [2.05, 4.69) is 5.32 Å². The first-order chi connectivity index (χ1) is 9.02. The van der Waals surface area contributed by atoms with Crippen molar-refractivity contribution in [2.45, 2.75) is 13.8 Å². The van der Waals surface area contributed by atoms with Crippen molar-refractivity contribution in [3.05, 3.63) is 41.5 Å². The minimum Gasteiger partial charge on any atom is -0.452 e. The van der Waals surface area contributed by atoms with E-state index in [0.29, 0.717) is 11.3 Å². The molecule has 19 heavy (non-hydrogen) atoms. The van der Waals surface area contributed by atoms with Gasteiger partial charge in [-0.3, -0.25) is 4.79 Å². The lowest BCUT2D eigenvalue weighted by molar-refractivity contribution is -0.142. The Bertz CT molecular complexity index is 552. The number of ether oxygens (including phenoxy) is 1. The summed E-state index contributed by atoms with van der Waals surface area (Å²) >= 11 is 0. The van der Waals surface area contributed by atoms with Crippen LogP contribution in [-0.2, 0) is 14.3 Å². The molecule has 0 saturated carbocycles. The van der Waals surface area contributed by atoms with Crippen molar-refractivity contribution in [2.75, 3.05) is 11.9 Å². The molecule has 1 rings (SSSR count). The van der Waals surface area contributed by atoms with Crippen molar-refractivity contribution in [2.24, 2.45) is 0 Å². The molecule has 1 aromatic carbocycles. The smallest absolute Gasteiger partial charge is 0.331 e. The van der Waals surface area contributed by atoms with E-state index in [1.165, 1.54) is 6.08 Å². The van der Waals surface area contributed by atoms with Gasteiger partial charge in [0.2, 0.25) is 0 Å². The number of para-hydroxylation sites is 1. The molecule has 0 radical (unpaired) electrons. The Balaban J connectivity index is 2.55. The molecule has 0 aromatic heterocycles. The molecule has 0 aliphatic heterocycles. The van der Waals surface area contributed by atoms with Crippen LogP contribution in [0.5, 0.6) is 0 Å². The lowest BCUT2D eigenvalue weighted by Crippen LogP contribution is -2.20. The Morgan fingerprint density at radius 1 is 1.37 bits per heavy atom. The van der Waals surface area contributed by atoms with Gasteiger partial charge >= 0.3 is 5.97 Å². The quantitative estimate of drug-likeness (QED) is 0.661. The number of esters is 1. The number of hydrogen-bond acceptors (Lipinski definition) is 4. The minimum atomic E-state index is -0.566. The Morgan fingerprint density at radius 2 is 2.05 bits per heavy atom. The summed E-state index contributed by atoms with van der Waals surface area (Å²) in [4.78, 5) is 22.8. The summed E-state index contributed by atoms with van der Waals surface area (Å²) in [6, 6.07) is 8.55. The summed E-state index contributed by atoms with van der Waals surface area (Å²) in [6.45, 7) is 3.12. The first-order valence-electron chi connectivity index (χ1n) is 5.63. The summed E-state index contributed by atoms with van der Waals surface area (Å²) in [5, 5.41) is 11.4. The normalized spacial score (nSPS) is 9.11. The van der Waals surface area contributed by atoms with E-state index >= 15 is 0 Å². The van der Waals surface area contributed by atoms with Crippen molar-refractivity contribution in [3.63, 3.8) is 0 Å². The van der Waals surface area contributed by atoms with E-state index in [1.54, 1.807) is 38.1 Å². The molecule has 5 heteroatoms. The Hall–Kier alpha value is -2.61. The number of nitrogens with zero attached hydrogens (tertiary/aromatic N) is 1. The van der Waals surface area contributed by atoms with Gasteiger partial charge < -0.3 is 10.1 Å². The van der Waals surface area contributed by atoms with Gasteiger partial charge in [0.05, 0.1) is 11.3 Å². The molecule has 5 nitrogen and oxygen atoms in total. The lowest BCUT2D eigenvalue weighted by atomic mass is 10.2. The molecule has 0 aliphatic rings. The summed E-state index contributed by atoms with van der Waals surface area (Å²) in [5.41, 5.74) is 1.54. The average Bonchev–Trinajstić information content (AvgIpc) is 2.36. The molecule has 98 valence electrons. The predicted molar refractivity (Wildman–Crippen MR) is 70.2 cm³/mol. The maximum Gasteiger partial charge on any atom is 0.331 e. The Labute approximate surface area is 111 Å². The molecule has 0 spiro atoms. The minimum absolute atomic E-state index is 0.353. The molecular weight excluding hydrogens is 244 g/mol. The standard InChI is InChI=1S/C14H14N2O3/c1-10(2)7-14(18)19-9-13(17)16-12-6-4-3-5-11(12)8-15/h3-7H,9H2,1-2H3,(H,16,17). The topological polar surface area (TPSA) is 79.2 Å². The number of anilines is 1. The largest absolute Gasteiger partial charge is 0.452 e. The second-order valence-electron chi connectivity index (χ2n) is 4.03. The number of nitriles is 1. The number of carbonyl (C=O) groups is 2. The zero-order valence-electron chi connectivity index (χ0n) is 10.8. The number of carbonyl (C=O) groups excluding carboxylic acids is 2. The summed E-state index contributed by atoms with van der Waals surface area (Å²) in [7, 11) is 0. The third-order valence-electron chi connectivity index (χ3n) is 2.07. The van der Waals surface area contributed by atoms with Gasteiger partial charge in [-0.2, -0.15) is 5.26 Å². The molecule has 1 amide bonds. The molecule has 0 bridgehead atoms. The van der Waals surface area contributed by atoms with Gasteiger partial charge in [-0.25, -0.2) is 4.79 Å². The number of amides is 1. The van der Waals surface area contributed by atoms with Crippen LogP contribution in [0.25, 0.3) is 0 Å². The molecule has 1 N–H and O–H groups in total. The summed E-state index contributed by atoms with van der Waals surface area (Å²) in [6.07, 6.45) is 1.30. The fourth-order valence-corrected chi connectivity index (χ4v) is 1.29. The third-order valence-corrected chi connectivity index (χ3v) is 2.07. The van der Waals surface area contributed by atoms with Gasteiger partial charge in [0.1, 0.15) is 6.07 Å². The number of nitrogens with one attached hydrogen (secondary N) is 1. The monoisotopic (exact) mass is 258 g/mol. The highest BCUT2D eigenvalue weighted by Gasteiger charge is 2.08. The van der Waals surface area contributed by atoms with Crippen LogP contribution in [0.4, 0.5) is 5.69 Å². The van der Waals surface area contributed by atoms with Gasteiger partial charge in [-0.05, 0) is 26.0 Å². The molecule has 0 aliphatic carbocycles. The van der Waals surface area contributed by atoms with Crippen molar-refractivity contribution in [1.29, 1.82) is 5.26 Å². The first kappa shape index (κ1) is 14.5. The second kappa shape index (κ2) is 6.97. The van der Waals surface area contributed by atoms with E-state index in [1.807, 2.05) is 6.07 Å². The SMILES string of the molecule is CC(C)=CC(=O)OCC(=O)Nc1ccccc1C#N. The highest BCUT2D eigenvalue weighted by molar-refractivity contribution is 5.94. The average molecular weight is 258 g/mol. The van der Waals surface area contributed by atoms with Crippen LogP contribution >= 0.6 is 0 Å². The van der Waals surface area contributed by atoms with Gasteiger partial charge in [0.15, 0.2) is 6.61 Å². The third kappa shape index (κ3) is 5.04. The molecule has 0 saturated heterocycles. The molecule has 0 unspecified atom stereocenters. The van der Waals surface area contributed by atoms with Crippen molar-refractivity contribution in [3.8, 4) is 6.07 Å². The summed E-state index contributed by atoms with van der Waals surface area (Å²) < 4.78 is 4.75. The van der Waals surface area contributed by atoms with Crippen LogP contribution in [0.1, 0.15) is 19.4 Å². The highest BCUT2D eigenvalue weighted by atomic mass is 16.5. The maximum absolute atomic E-state index is 11.6. The molecule has 0 fully saturated rings. The van der Waals surface area contributed by atoms with Crippen molar-refractivity contribution < 1.29 is 14.3 Å². The zero-order chi connectivity index (χ0) is 14.3. The number of rotatable bonds is 4. The van der Waals surface area contributed by atoms with Gasteiger partial charge in [-0.1, -0.05) is 17.7 Å². The van der Waals surface area contributed by atoms with E-state index in [0.717, 1.165) is 5.57 Å². The lowest BCUT2D eigenvalue weighted by Gasteiger charge is -2.06. The Kier molecular flexibility index (Phi) is 5.30. The zero-order valence-corrected chi connectivity index (χ0v) is 10.8. The van der Waals surface area contributed by atoms with Crippen LogP contribution in [0.2, 0.25) is 0 Å². The molecular formula is C14H14N2O3. The van der Waals surface area contributed by atoms with Crippen molar-refractivity contribution >= 4 is 17.6 Å². The van der Waals surface area contributed by atoms with E-state index in [4.69, 9.17) is 10.00 Å². The fraction of sp³-hybridized carbons (Fsp3) is 0.214. The second-order valence-corrected chi connectivity index (χ2v) is 4.03. The van der Waals surface area contributed by atoms with E-state index in [9.17, 15) is 9.59 Å². The van der Waals surface area contributed by atoms with Crippen LogP contribution in [0, 0.1) is 11.3 Å². The first-order valence-corrected chi connectivity index (χ1v) is 5.63. The van der Waals surface area contributed by atoms with Gasteiger partial charge in [0, 0.05) is 6.08 Å². The molecule has 0 heterocycles. The fourth-order valence-electron chi connectivity index (χ4n) is 1.29.